The normalized spacial score (nSPS) is 11.4. The first-order valence-electron chi connectivity index (χ1n) is 3.17. The molecule has 1 aromatic rings. The lowest BCUT2D eigenvalue weighted by Crippen LogP contribution is -2.07. The van der Waals surface area contributed by atoms with Crippen LogP contribution in [-0.4, -0.2) is 13.0 Å². The van der Waals surface area contributed by atoms with E-state index < -0.39 is 10.4 Å². The van der Waals surface area contributed by atoms with Crippen molar-refractivity contribution in [3.05, 3.63) is 28.2 Å². The molecular formula is C6H4Cl2O5S. The zero-order chi connectivity index (χ0) is 10.8. The van der Waals surface area contributed by atoms with E-state index in [2.05, 4.69) is 9.22 Å². The molecule has 0 unspecified atom stereocenters. The molecule has 1 N–H and O–H groups in total. The van der Waals surface area contributed by atoms with Crippen LogP contribution in [0.4, 0.5) is 0 Å². The molecule has 0 spiro atoms. The van der Waals surface area contributed by atoms with Gasteiger partial charge >= 0.3 is 10.4 Å². The summed E-state index contributed by atoms with van der Waals surface area (Å²) >= 11 is 11.2. The first-order chi connectivity index (χ1) is 6.38. The number of halogens is 2. The first kappa shape index (κ1) is 11.5. The molecule has 0 heterocycles. The van der Waals surface area contributed by atoms with Crippen LogP contribution < -0.4 is 4.89 Å². The van der Waals surface area contributed by atoms with Crippen LogP contribution in [-0.2, 0) is 14.7 Å². The van der Waals surface area contributed by atoms with E-state index in [0.29, 0.717) is 5.02 Å². The van der Waals surface area contributed by atoms with E-state index in [-0.39, 0.29) is 10.8 Å². The van der Waals surface area contributed by atoms with Gasteiger partial charge < -0.3 is 4.89 Å². The van der Waals surface area contributed by atoms with Crippen molar-refractivity contribution in [2.24, 2.45) is 0 Å². The standard InChI is InChI=1S/C6H4Cl2O5S/c7-4-1-2-6(5(8)3-4)12-13-14(9,10)11/h1-3H,(H,9,10,11). The van der Waals surface area contributed by atoms with Crippen LogP contribution in [0.3, 0.4) is 0 Å². The Bertz CT molecular complexity index is 430. The average Bonchev–Trinajstić information content (AvgIpc) is 2.00. The fourth-order valence-corrected chi connectivity index (χ4v) is 1.22. The van der Waals surface area contributed by atoms with Gasteiger partial charge in [0.2, 0.25) is 0 Å². The lowest BCUT2D eigenvalue weighted by molar-refractivity contribution is -0.102. The van der Waals surface area contributed by atoms with Crippen molar-refractivity contribution in [3.8, 4) is 5.75 Å². The molecular weight excluding hydrogens is 255 g/mol. The first-order valence-corrected chi connectivity index (χ1v) is 5.29. The van der Waals surface area contributed by atoms with Crippen molar-refractivity contribution < 1.29 is 22.2 Å². The Morgan fingerprint density at radius 3 is 2.43 bits per heavy atom. The molecule has 0 bridgehead atoms. The summed E-state index contributed by atoms with van der Waals surface area (Å²) in [5.74, 6) is -0.0753. The zero-order valence-electron chi connectivity index (χ0n) is 6.48. The number of hydrogen-bond acceptors (Lipinski definition) is 4. The molecule has 5 nitrogen and oxygen atoms in total. The molecule has 0 aliphatic rings. The topological polar surface area (TPSA) is 72.8 Å². The van der Waals surface area contributed by atoms with Crippen LogP contribution >= 0.6 is 23.2 Å². The van der Waals surface area contributed by atoms with Crippen molar-refractivity contribution in [1.29, 1.82) is 0 Å². The summed E-state index contributed by atoms with van der Waals surface area (Å²) in [6, 6.07) is 4.03. The molecule has 1 rings (SSSR count). The summed E-state index contributed by atoms with van der Waals surface area (Å²) in [6.45, 7) is 0. The van der Waals surface area contributed by atoms with Gasteiger partial charge in [0.15, 0.2) is 5.75 Å². The lowest BCUT2D eigenvalue weighted by Gasteiger charge is -2.03. The third-order valence-corrected chi connectivity index (χ3v) is 1.87. The van der Waals surface area contributed by atoms with Crippen LogP contribution in [0.1, 0.15) is 0 Å². The zero-order valence-corrected chi connectivity index (χ0v) is 8.80. The second-order valence-corrected chi connectivity index (χ2v) is 3.99. The van der Waals surface area contributed by atoms with Crippen LogP contribution in [0, 0.1) is 0 Å². The van der Waals surface area contributed by atoms with Crippen molar-refractivity contribution in [2.45, 2.75) is 0 Å². The van der Waals surface area contributed by atoms with Gasteiger partial charge in [0.1, 0.15) is 0 Å². The molecule has 78 valence electrons. The Balaban J connectivity index is 2.78. The van der Waals surface area contributed by atoms with E-state index in [1.165, 1.54) is 18.2 Å². The van der Waals surface area contributed by atoms with E-state index in [1.807, 2.05) is 0 Å². The van der Waals surface area contributed by atoms with Gasteiger partial charge in [0, 0.05) is 5.02 Å². The van der Waals surface area contributed by atoms with Crippen molar-refractivity contribution in [1.82, 2.24) is 0 Å². The molecule has 0 saturated heterocycles. The smallest absolute Gasteiger partial charge is 0.318 e. The van der Waals surface area contributed by atoms with E-state index in [9.17, 15) is 8.42 Å². The Morgan fingerprint density at radius 1 is 1.29 bits per heavy atom. The van der Waals surface area contributed by atoms with Gasteiger partial charge in [-0.1, -0.05) is 23.2 Å². The summed E-state index contributed by atoms with van der Waals surface area (Å²) in [6.07, 6.45) is 0. The molecule has 1 aromatic carbocycles. The van der Waals surface area contributed by atoms with Crippen molar-refractivity contribution in [2.75, 3.05) is 0 Å². The number of benzene rings is 1. The summed E-state index contributed by atoms with van der Waals surface area (Å²) in [7, 11) is -4.66. The SMILES string of the molecule is O=S(=O)(O)OOc1ccc(Cl)cc1Cl. The highest BCUT2D eigenvalue weighted by atomic mass is 35.5. The molecule has 0 aromatic heterocycles. The van der Waals surface area contributed by atoms with E-state index in [4.69, 9.17) is 27.8 Å². The molecule has 14 heavy (non-hydrogen) atoms. The highest BCUT2D eigenvalue weighted by molar-refractivity contribution is 7.80. The third kappa shape index (κ3) is 3.69. The van der Waals surface area contributed by atoms with Crippen LogP contribution in [0.5, 0.6) is 5.75 Å². The minimum Gasteiger partial charge on any atom is -0.318 e. The number of rotatable bonds is 3. The van der Waals surface area contributed by atoms with Gasteiger partial charge in [0.25, 0.3) is 0 Å². The van der Waals surface area contributed by atoms with Gasteiger partial charge in [-0.15, -0.1) is 0 Å². The predicted molar refractivity (Wildman–Crippen MR) is 49.7 cm³/mol. The summed E-state index contributed by atoms with van der Waals surface area (Å²) in [5.41, 5.74) is 0. The van der Waals surface area contributed by atoms with E-state index in [1.54, 1.807) is 0 Å². The highest BCUT2D eigenvalue weighted by Crippen LogP contribution is 2.27. The van der Waals surface area contributed by atoms with Gasteiger partial charge in [-0.05, 0) is 22.5 Å². The second-order valence-electron chi connectivity index (χ2n) is 2.15. The van der Waals surface area contributed by atoms with Gasteiger partial charge in [-0.25, -0.2) is 0 Å². The van der Waals surface area contributed by atoms with Crippen LogP contribution in [0.25, 0.3) is 0 Å². The second kappa shape index (κ2) is 4.33. The predicted octanol–water partition coefficient (Wildman–Crippen LogP) is 2.11. The third-order valence-electron chi connectivity index (χ3n) is 1.10. The molecule has 0 atom stereocenters. The van der Waals surface area contributed by atoms with Crippen molar-refractivity contribution in [3.63, 3.8) is 0 Å². The molecule has 0 saturated carbocycles. The molecule has 0 fully saturated rings. The Hall–Kier alpha value is -0.530. The summed E-state index contributed by atoms with van der Waals surface area (Å²) < 4.78 is 32.1. The van der Waals surface area contributed by atoms with Gasteiger partial charge in [-0.2, -0.15) is 8.42 Å². The molecule has 0 radical (unpaired) electrons. The summed E-state index contributed by atoms with van der Waals surface area (Å²) in [5, 5.41) is 0.412. The maximum atomic E-state index is 10.1. The van der Waals surface area contributed by atoms with E-state index in [0.717, 1.165) is 0 Å². The fraction of sp³-hybridized carbons (Fsp3) is 0. The highest BCUT2D eigenvalue weighted by Gasteiger charge is 2.09. The van der Waals surface area contributed by atoms with Crippen LogP contribution in [0.15, 0.2) is 18.2 Å². The Kier molecular flexibility index (Phi) is 3.57. The maximum Gasteiger partial charge on any atom is 0.432 e. The minimum absolute atomic E-state index is 0.0566. The summed E-state index contributed by atoms with van der Waals surface area (Å²) in [4.78, 5) is 4.23. The quantitative estimate of drug-likeness (QED) is 0.511. The minimum atomic E-state index is -4.66. The lowest BCUT2D eigenvalue weighted by atomic mass is 10.3. The van der Waals surface area contributed by atoms with Gasteiger partial charge in [-0.3, -0.25) is 4.55 Å². The van der Waals surface area contributed by atoms with Crippen LogP contribution in [0.2, 0.25) is 10.0 Å². The monoisotopic (exact) mass is 258 g/mol. The number of hydrogen-bond donors (Lipinski definition) is 1. The Morgan fingerprint density at radius 2 is 1.93 bits per heavy atom. The van der Waals surface area contributed by atoms with E-state index >= 15 is 0 Å². The average molecular weight is 259 g/mol. The molecule has 0 aliphatic heterocycles. The molecule has 8 heteroatoms. The maximum absolute atomic E-state index is 10.1. The molecule has 0 amide bonds. The fourth-order valence-electron chi connectivity index (χ4n) is 0.622. The van der Waals surface area contributed by atoms with Gasteiger partial charge in [0.05, 0.1) is 5.02 Å². The van der Waals surface area contributed by atoms with Crippen molar-refractivity contribution >= 4 is 33.6 Å². The largest absolute Gasteiger partial charge is 0.432 e. The molecule has 0 aliphatic carbocycles. The Labute approximate surface area is 90.0 Å².